The Hall–Kier alpha value is -2.17. The minimum atomic E-state index is -5.71. The number of amides is 1. The molecule has 1 aromatic rings. The van der Waals surface area contributed by atoms with Gasteiger partial charge in [-0.1, -0.05) is 0 Å². The van der Waals surface area contributed by atoms with Gasteiger partial charge in [0.25, 0.3) is 0 Å². The number of alkyl halides is 5. The first kappa shape index (κ1) is 22.1. The third-order valence-electron chi connectivity index (χ3n) is 4.25. The molecule has 1 saturated heterocycles. The molecule has 28 heavy (non-hydrogen) atoms. The second-order valence-electron chi connectivity index (χ2n) is 6.26. The molecule has 1 aliphatic heterocycles. The molecule has 0 radical (unpaired) electrons. The lowest BCUT2D eigenvalue weighted by Gasteiger charge is -2.20. The Kier molecular flexibility index (Phi) is 7.02. The van der Waals surface area contributed by atoms with Crippen LogP contribution in [-0.2, 0) is 11.3 Å². The third kappa shape index (κ3) is 5.43. The summed E-state index contributed by atoms with van der Waals surface area (Å²) in [6, 6.07) is 1.68. The van der Waals surface area contributed by atoms with Gasteiger partial charge in [-0.15, -0.1) is 0 Å². The molecule has 1 unspecified atom stereocenters. The summed E-state index contributed by atoms with van der Waals surface area (Å²) in [7, 11) is 1.26. The zero-order valence-corrected chi connectivity index (χ0v) is 15.0. The van der Waals surface area contributed by atoms with Crippen molar-refractivity contribution in [1.29, 1.82) is 0 Å². The highest BCUT2D eigenvalue weighted by molar-refractivity contribution is 5.82. The van der Waals surface area contributed by atoms with Crippen molar-refractivity contribution in [2.24, 2.45) is 0 Å². The molecule has 1 heterocycles. The Balaban J connectivity index is 1.99. The molecule has 5 nitrogen and oxygen atoms in total. The summed E-state index contributed by atoms with van der Waals surface area (Å²) in [5.74, 6) is -6.60. The summed E-state index contributed by atoms with van der Waals surface area (Å²) in [5, 5.41) is 5.64. The minimum absolute atomic E-state index is 0.0521. The average molecular weight is 414 g/mol. The van der Waals surface area contributed by atoms with Gasteiger partial charge in [-0.05, 0) is 25.5 Å². The van der Waals surface area contributed by atoms with Crippen LogP contribution in [0.3, 0.4) is 0 Å². The number of rotatable bonds is 8. The maximum atomic E-state index is 14.1. The van der Waals surface area contributed by atoms with Gasteiger partial charge in [-0.25, -0.2) is 4.39 Å². The molecule has 11 heteroatoms. The zero-order chi connectivity index (χ0) is 20.9. The van der Waals surface area contributed by atoms with Gasteiger partial charge in [-0.3, -0.25) is 4.79 Å². The van der Waals surface area contributed by atoms with Crippen molar-refractivity contribution < 1.29 is 40.6 Å². The number of carbonyl (C=O) groups excluding carboxylic acids is 1. The number of methoxy groups -OCH3 is 1. The molecule has 0 bridgehead atoms. The van der Waals surface area contributed by atoms with Gasteiger partial charge in [0.1, 0.15) is 5.75 Å². The lowest BCUT2D eigenvalue weighted by Crippen LogP contribution is -2.40. The smallest absolute Gasteiger partial charge is 0.453 e. The first-order chi connectivity index (χ1) is 13.0. The molecule has 0 spiro atoms. The van der Waals surface area contributed by atoms with Crippen molar-refractivity contribution in [1.82, 2.24) is 10.6 Å². The van der Waals surface area contributed by atoms with Gasteiger partial charge in [0.2, 0.25) is 5.91 Å². The first-order valence-corrected chi connectivity index (χ1v) is 8.50. The van der Waals surface area contributed by atoms with Crippen molar-refractivity contribution in [2.75, 3.05) is 20.3 Å². The highest BCUT2D eigenvalue weighted by Gasteiger charge is 2.56. The fraction of sp³-hybridized carbons (Fsp3) is 0.588. The van der Waals surface area contributed by atoms with Crippen LogP contribution in [0.2, 0.25) is 0 Å². The summed E-state index contributed by atoms with van der Waals surface area (Å²) in [5.41, 5.74) is 0.263. The van der Waals surface area contributed by atoms with Gasteiger partial charge in [-0.2, -0.15) is 22.0 Å². The van der Waals surface area contributed by atoms with Gasteiger partial charge in [0.05, 0.1) is 26.2 Å². The fourth-order valence-electron chi connectivity index (χ4n) is 2.66. The second-order valence-corrected chi connectivity index (χ2v) is 6.26. The minimum Gasteiger partial charge on any atom is -0.496 e. The third-order valence-corrected chi connectivity index (χ3v) is 4.25. The Morgan fingerprint density at radius 1 is 1.25 bits per heavy atom. The van der Waals surface area contributed by atoms with Gasteiger partial charge >= 0.3 is 12.1 Å². The topological polar surface area (TPSA) is 59.6 Å². The molecular weight excluding hydrogens is 394 g/mol. The van der Waals surface area contributed by atoms with Crippen LogP contribution in [-0.4, -0.2) is 44.3 Å². The van der Waals surface area contributed by atoms with Gasteiger partial charge in [0, 0.05) is 18.2 Å². The normalized spacial score (nSPS) is 17.5. The molecule has 0 aromatic heterocycles. The molecule has 2 rings (SSSR count). The highest BCUT2D eigenvalue weighted by atomic mass is 19.4. The van der Waals surface area contributed by atoms with Crippen LogP contribution in [0, 0.1) is 5.82 Å². The molecule has 1 aliphatic rings. The summed E-state index contributed by atoms with van der Waals surface area (Å²) < 4.78 is 86.1. The number of carbonyl (C=O) groups is 1. The maximum absolute atomic E-state index is 14.1. The van der Waals surface area contributed by atoms with E-state index in [-0.39, 0.29) is 29.8 Å². The SMILES string of the molecule is COc1cc(OCCC(F)(F)C(F)(F)F)c(F)cc1CNC(=O)C1CCCN1. The number of nitrogens with one attached hydrogen (secondary N) is 2. The van der Waals surface area contributed by atoms with Crippen LogP contribution in [0.1, 0.15) is 24.8 Å². The van der Waals surface area contributed by atoms with Crippen LogP contribution in [0.25, 0.3) is 0 Å². The molecular formula is C17H20F6N2O3. The van der Waals surface area contributed by atoms with E-state index in [2.05, 4.69) is 10.6 Å². The van der Waals surface area contributed by atoms with Crippen molar-refractivity contribution in [2.45, 2.75) is 43.9 Å². The second kappa shape index (κ2) is 8.89. The highest BCUT2D eigenvalue weighted by Crippen LogP contribution is 2.38. The standard InChI is InChI=1S/C17H20F6N2O3/c1-27-13-8-14(28-6-4-16(19,20)17(21,22)23)11(18)7-10(13)9-25-15(26)12-3-2-5-24-12/h7-8,12,24H,2-6,9H2,1H3,(H,25,26). The quantitative estimate of drug-likeness (QED) is 0.642. The fourth-order valence-corrected chi connectivity index (χ4v) is 2.66. The molecule has 0 saturated carbocycles. The molecule has 1 atom stereocenters. The molecule has 0 aliphatic carbocycles. The number of hydrogen-bond acceptors (Lipinski definition) is 4. The van der Waals surface area contributed by atoms with E-state index in [9.17, 15) is 31.1 Å². The van der Waals surface area contributed by atoms with E-state index in [4.69, 9.17) is 9.47 Å². The summed E-state index contributed by atoms with van der Waals surface area (Å²) in [4.78, 5) is 12.0. The van der Waals surface area contributed by atoms with Crippen molar-refractivity contribution in [3.05, 3.63) is 23.5 Å². The van der Waals surface area contributed by atoms with Gasteiger partial charge in [0.15, 0.2) is 11.6 Å². The first-order valence-electron chi connectivity index (χ1n) is 8.50. The lowest BCUT2D eigenvalue weighted by atomic mass is 10.1. The molecule has 1 amide bonds. The number of ether oxygens (including phenoxy) is 2. The van der Waals surface area contributed by atoms with E-state index in [1.54, 1.807) is 0 Å². The zero-order valence-electron chi connectivity index (χ0n) is 15.0. The number of halogens is 6. The van der Waals surface area contributed by atoms with Crippen molar-refractivity contribution >= 4 is 5.91 Å². The molecule has 2 N–H and O–H groups in total. The lowest BCUT2D eigenvalue weighted by molar-refractivity contribution is -0.285. The van der Waals surface area contributed by atoms with Crippen LogP contribution in [0.5, 0.6) is 11.5 Å². The predicted octanol–water partition coefficient (Wildman–Crippen LogP) is 3.17. The summed E-state index contributed by atoms with van der Waals surface area (Å²) >= 11 is 0. The summed E-state index contributed by atoms with van der Waals surface area (Å²) in [6.07, 6.45) is -5.80. The number of hydrogen-bond donors (Lipinski definition) is 2. The Bertz CT molecular complexity index is 690. The molecule has 1 fully saturated rings. The Labute approximate surface area is 157 Å². The van der Waals surface area contributed by atoms with Crippen LogP contribution < -0.4 is 20.1 Å². The van der Waals surface area contributed by atoms with Crippen LogP contribution in [0.15, 0.2) is 12.1 Å². The van der Waals surface area contributed by atoms with Crippen molar-refractivity contribution in [3.8, 4) is 11.5 Å². The van der Waals surface area contributed by atoms with E-state index in [1.807, 2.05) is 0 Å². The Morgan fingerprint density at radius 2 is 1.96 bits per heavy atom. The van der Waals surface area contributed by atoms with Gasteiger partial charge < -0.3 is 20.1 Å². The van der Waals surface area contributed by atoms with E-state index < -0.39 is 36.7 Å². The Morgan fingerprint density at radius 3 is 2.54 bits per heavy atom. The van der Waals surface area contributed by atoms with Crippen molar-refractivity contribution in [3.63, 3.8) is 0 Å². The predicted molar refractivity (Wildman–Crippen MR) is 86.9 cm³/mol. The molecule has 158 valence electrons. The van der Waals surface area contributed by atoms with E-state index in [1.165, 1.54) is 7.11 Å². The average Bonchev–Trinajstić information content (AvgIpc) is 3.14. The monoisotopic (exact) mass is 414 g/mol. The maximum Gasteiger partial charge on any atom is 0.453 e. The largest absolute Gasteiger partial charge is 0.496 e. The van der Waals surface area contributed by atoms with Crippen LogP contribution in [0.4, 0.5) is 26.3 Å². The molecule has 1 aromatic carbocycles. The van der Waals surface area contributed by atoms with E-state index in [0.29, 0.717) is 6.42 Å². The summed E-state index contributed by atoms with van der Waals surface area (Å²) in [6.45, 7) is -0.366. The van der Waals surface area contributed by atoms with E-state index in [0.717, 1.165) is 25.1 Å². The number of benzene rings is 1. The van der Waals surface area contributed by atoms with Crippen LogP contribution >= 0.6 is 0 Å². The van der Waals surface area contributed by atoms with E-state index >= 15 is 0 Å².